The third-order valence-corrected chi connectivity index (χ3v) is 3.89. The van der Waals surface area contributed by atoms with E-state index in [1.165, 1.54) is 0 Å². The van der Waals surface area contributed by atoms with Crippen molar-refractivity contribution in [2.24, 2.45) is 0 Å². The molecule has 0 aromatic heterocycles. The monoisotopic (exact) mass is 326 g/mol. The molecule has 19 heavy (non-hydrogen) atoms. The number of carbonyl (C=O) groups is 2. The van der Waals surface area contributed by atoms with Gasteiger partial charge in [0.25, 0.3) is 5.91 Å². The summed E-state index contributed by atoms with van der Waals surface area (Å²) in [4.78, 5) is 25.5. The van der Waals surface area contributed by atoms with Crippen molar-refractivity contribution in [3.63, 3.8) is 0 Å². The Morgan fingerprint density at radius 2 is 1.89 bits per heavy atom. The molecular weight excluding hydrogens is 308 g/mol. The zero-order chi connectivity index (χ0) is 14.4. The summed E-state index contributed by atoms with van der Waals surface area (Å²) in [5.74, 6) is -0.287. The van der Waals surface area contributed by atoms with Gasteiger partial charge in [-0.1, -0.05) is 22.0 Å². The number of halogens is 1. The van der Waals surface area contributed by atoms with Gasteiger partial charge in [-0.15, -0.1) is 0 Å². The first-order valence-corrected chi connectivity index (χ1v) is 7.11. The molecule has 2 amide bonds. The lowest BCUT2D eigenvalue weighted by Gasteiger charge is -2.18. The second-order valence-electron chi connectivity index (χ2n) is 4.16. The van der Waals surface area contributed by atoms with Crippen molar-refractivity contribution in [3.05, 3.63) is 33.8 Å². The summed E-state index contributed by atoms with van der Waals surface area (Å²) in [7, 11) is 0. The Labute approximate surface area is 122 Å². The molecule has 0 aliphatic heterocycles. The number of nitrogens with one attached hydrogen (secondary N) is 1. The maximum absolute atomic E-state index is 12.0. The summed E-state index contributed by atoms with van der Waals surface area (Å²) < 4.78 is 0.884. The number of nitrogens with zero attached hydrogens (tertiary/aromatic N) is 1. The van der Waals surface area contributed by atoms with Crippen LogP contribution in [0.1, 0.15) is 29.8 Å². The largest absolute Gasteiger partial charge is 0.343 e. The number of hydrogen-bond acceptors (Lipinski definition) is 2. The zero-order valence-electron chi connectivity index (χ0n) is 11.5. The summed E-state index contributed by atoms with van der Waals surface area (Å²) in [6.07, 6.45) is 0. The Bertz CT molecular complexity index is 471. The summed E-state index contributed by atoms with van der Waals surface area (Å²) in [5.41, 5.74) is 1.46. The quantitative estimate of drug-likeness (QED) is 0.903. The highest BCUT2D eigenvalue weighted by Crippen LogP contribution is 2.19. The van der Waals surface area contributed by atoms with Gasteiger partial charge < -0.3 is 10.2 Å². The second-order valence-corrected chi connectivity index (χ2v) is 5.02. The average Bonchev–Trinajstić information content (AvgIpc) is 2.40. The molecule has 0 aliphatic carbocycles. The first kappa shape index (κ1) is 15.7. The molecule has 0 heterocycles. The van der Waals surface area contributed by atoms with Gasteiger partial charge >= 0.3 is 0 Å². The van der Waals surface area contributed by atoms with Gasteiger partial charge in [0.15, 0.2) is 0 Å². The fourth-order valence-electron chi connectivity index (χ4n) is 1.79. The molecule has 1 aromatic rings. The standard InChI is InChI=1S/C14H19BrN2O2/c1-4-17(5-2)13(18)9-16-14(19)11-7-6-8-12(15)10(11)3/h6-8H,4-5,9H2,1-3H3,(H,16,19). The molecule has 104 valence electrons. The molecule has 4 nitrogen and oxygen atoms in total. The van der Waals surface area contributed by atoms with E-state index in [2.05, 4.69) is 21.2 Å². The molecule has 0 aliphatic rings. The summed E-state index contributed by atoms with van der Waals surface area (Å²) in [5, 5.41) is 2.66. The van der Waals surface area contributed by atoms with E-state index in [1.54, 1.807) is 17.0 Å². The maximum atomic E-state index is 12.0. The Hall–Kier alpha value is -1.36. The van der Waals surface area contributed by atoms with Crippen LogP contribution in [0, 0.1) is 6.92 Å². The molecule has 0 unspecified atom stereocenters. The highest BCUT2D eigenvalue weighted by Gasteiger charge is 2.14. The molecule has 0 fully saturated rings. The minimum atomic E-state index is -0.223. The minimum Gasteiger partial charge on any atom is -0.343 e. The van der Waals surface area contributed by atoms with E-state index in [1.807, 2.05) is 26.8 Å². The van der Waals surface area contributed by atoms with Crippen LogP contribution in [0.15, 0.2) is 22.7 Å². The van der Waals surface area contributed by atoms with Crippen LogP contribution in [0.2, 0.25) is 0 Å². The van der Waals surface area contributed by atoms with Crippen LogP contribution in [0.4, 0.5) is 0 Å². The van der Waals surface area contributed by atoms with E-state index in [9.17, 15) is 9.59 Å². The molecule has 1 N–H and O–H groups in total. The van der Waals surface area contributed by atoms with Gasteiger partial charge in [-0.2, -0.15) is 0 Å². The Balaban J connectivity index is 2.66. The van der Waals surface area contributed by atoms with Crippen LogP contribution in [-0.2, 0) is 4.79 Å². The van der Waals surface area contributed by atoms with E-state index < -0.39 is 0 Å². The number of benzene rings is 1. The normalized spacial score (nSPS) is 10.1. The van der Waals surface area contributed by atoms with Crippen molar-refractivity contribution in [2.75, 3.05) is 19.6 Å². The third-order valence-electron chi connectivity index (χ3n) is 3.03. The summed E-state index contributed by atoms with van der Waals surface area (Å²) in [6, 6.07) is 5.43. The predicted octanol–water partition coefficient (Wildman–Crippen LogP) is 2.36. The third kappa shape index (κ3) is 4.06. The van der Waals surface area contributed by atoms with Crippen LogP contribution < -0.4 is 5.32 Å². The van der Waals surface area contributed by atoms with Gasteiger partial charge in [-0.05, 0) is 38.5 Å². The van der Waals surface area contributed by atoms with Crippen molar-refractivity contribution in [1.82, 2.24) is 10.2 Å². The lowest BCUT2D eigenvalue weighted by molar-refractivity contribution is -0.129. The second kappa shape index (κ2) is 7.28. The Morgan fingerprint density at radius 1 is 1.26 bits per heavy atom. The van der Waals surface area contributed by atoms with Crippen molar-refractivity contribution in [3.8, 4) is 0 Å². The van der Waals surface area contributed by atoms with E-state index in [-0.39, 0.29) is 18.4 Å². The topological polar surface area (TPSA) is 49.4 Å². The molecular formula is C14H19BrN2O2. The van der Waals surface area contributed by atoms with Gasteiger partial charge in [0.05, 0.1) is 6.54 Å². The van der Waals surface area contributed by atoms with E-state index in [4.69, 9.17) is 0 Å². The highest BCUT2D eigenvalue weighted by molar-refractivity contribution is 9.10. The summed E-state index contributed by atoms with van der Waals surface area (Å²) >= 11 is 3.38. The van der Waals surface area contributed by atoms with E-state index >= 15 is 0 Å². The smallest absolute Gasteiger partial charge is 0.252 e. The van der Waals surface area contributed by atoms with Crippen molar-refractivity contribution in [1.29, 1.82) is 0 Å². The summed E-state index contributed by atoms with van der Waals surface area (Å²) in [6.45, 7) is 7.04. The Kier molecular flexibility index (Phi) is 6.02. The average molecular weight is 327 g/mol. The van der Waals surface area contributed by atoms with Crippen LogP contribution >= 0.6 is 15.9 Å². The van der Waals surface area contributed by atoms with Crippen molar-refractivity contribution in [2.45, 2.75) is 20.8 Å². The molecule has 0 bridgehead atoms. The first-order valence-electron chi connectivity index (χ1n) is 6.32. The fourth-order valence-corrected chi connectivity index (χ4v) is 2.16. The van der Waals surface area contributed by atoms with Gasteiger partial charge in [0.2, 0.25) is 5.91 Å². The zero-order valence-corrected chi connectivity index (χ0v) is 13.1. The maximum Gasteiger partial charge on any atom is 0.252 e. The van der Waals surface area contributed by atoms with Crippen molar-refractivity contribution >= 4 is 27.7 Å². The number of carbonyl (C=O) groups excluding carboxylic acids is 2. The van der Waals surface area contributed by atoms with Gasteiger partial charge in [0, 0.05) is 23.1 Å². The van der Waals surface area contributed by atoms with Crippen LogP contribution in [-0.4, -0.2) is 36.3 Å². The first-order chi connectivity index (χ1) is 9.01. The molecule has 1 aromatic carbocycles. The number of likely N-dealkylation sites (N-methyl/N-ethyl adjacent to an activating group) is 1. The molecule has 0 saturated carbocycles. The molecule has 0 saturated heterocycles. The predicted molar refractivity (Wildman–Crippen MR) is 79.1 cm³/mol. The van der Waals surface area contributed by atoms with Crippen molar-refractivity contribution < 1.29 is 9.59 Å². The van der Waals surface area contributed by atoms with Crippen LogP contribution in [0.3, 0.4) is 0 Å². The van der Waals surface area contributed by atoms with E-state index in [0.717, 1.165) is 10.0 Å². The SMILES string of the molecule is CCN(CC)C(=O)CNC(=O)c1cccc(Br)c1C. The Morgan fingerprint density at radius 3 is 2.47 bits per heavy atom. The lowest BCUT2D eigenvalue weighted by Crippen LogP contribution is -2.40. The number of hydrogen-bond donors (Lipinski definition) is 1. The molecule has 5 heteroatoms. The fraction of sp³-hybridized carbons (Fsp3) is 0.429. The van der Waals surface area contributed by atoms with E-state index in [0.29, 0.717) is 18.7 Å². The van der Waals surface area contributed by atoms with Gasteiger partial charge in [0.1, 0.15) is 0 Å². The lowest BCUT2D eigenvalue weighted by atomic mass is 10.1. The highest BCUT2D eigenvalue weighted by atomic mass is 79.9. The van der Waals surface area contributed by atoms with Crippen LogP contribution in [0.5, 0.6) is 0 Å². The molecule has 1 rings (SSSR count). The van der Waals surface area contributed by atoms with Crippen LogP contribution in [0.25, 0.3) is 0 Å². The molecule has 0 atom stereocenters. The number of rotatable bonds is 5. The number of amides is 2. The minimum absolute atomic E-state index is 0.0342. The molecule has 0 radical (unpaired) electrons. The van der Waals surface area contributed by atoms with Gasteiger partial charge in [-0.3, -0.25) is 9.59 Å². The molecule has 0 spiro atoms. The van der Waals surface area contributed by atoms with Gasteiger partial charge in [-0.25, -0.2) is 0 Å².